The normalized spacial score (nSPS) is 13.2. The van der Waals surface area contributed by atoms with Crippen LogP contribution in [0.3, 0.4) is 0 Å². The molecule has 0 saturated carbocycles. The molecule has 1 atom stereocenters. The summed E-state index contributed by atoms with van der Waals surface area (Å²) in [6, 6.07) is 0. The third kappa shape index (κ3) is 2.02. The first kappa shape index (κ1) is 10.1. The summed E-state index contributed by atoms with van der Waals surface area (Å²) in [5, 5.41) is 4.39. The van der Waals surface area contributed by atoms with Gasteiger partial charge in [0.1, 0.15) is 5.82 Å². The van der Waals surface area contributed by atoms with Crippen LogP contribution in [0, 0.1) is 12.8 Å². The maximum absolute atomic E-state index is 5.82. The number of aryl methyl sites for hydroxylation is 1. The van der Waals surface area contributed by atoms with Crippen LogP contribution in [0.5, 0.6) is 0 Å². The van der Waals surface area contributed by atoms with E-state index in [9.17, 15) is 0 Å². The minimum atomic E-state index is 0.688. The highest BCUT2D eigenvalue weighted by molar-refractivity contribution is 5.42. The lowest BCUT2D eigenvalue weighted by molar-refractivity contribution is 0.546. The van der Waals surface area contributed by atoms with Crippen LogP contribution in [0.15, 0.2) is 0 Å². The summed E-state index contributed by atoms with van der Waals surface area (Å²) in [5.41, 5.74) is 8.11. The summed E-state index contributed by atoms with van der Waals surface area (Å²) in [4.78, 5) is 0. The summed E-state index contributed by atoms with van der Waals surface area (Å²) < 4.78 is 1.76. The monoisotopic (exact) mass is 181 g/mol. The number of nitrogens with zero attached hydrogens (tertiary/aromatic N) is 2. The van der Waals surface area contributed by atoms with Crippen molar-refractivity contribution < 1.29 is 0 Å². The molecule has 2 N–H and O–H groups in total. The molecule has 0 amide bonds. The number of aromatic nitrogens is 2. The number of hydrogen-bond donors (Lipinski definition) is 1. The van der Waals surface area contributed by atoms with Gasteiger partial charge in [-0.2, -0.15) is 5.10 Å². The van der Waals surface area contributed by atoms with Crippen molar-refractivity contribution in [3.8, 4) is 0 Å². The van der Waals surface area contributed by atoms with Gasteiger partial charge < -0.3 is 5.73 Å². The lowest BCUT2D eigenvalue weighted by Crippen LogP contribution is -2.00. The molecule has 1 unspecified atom stereocenters. The zero-order valence-electron chi connectivity index (χ0n) is 8.96. The molecule has 0 fully saturated rings. The Morgan fingerprint density at radius 2 is 2.15 bits per heavy atom. The molecule has 3 nitrogen and oxygen atoms in total. The lowest BCUT2D eigenvalue weighted by Gasteiger charge is -2.05. The first-order valence-electron chi connectivity index (χ1n) is 4.84. The van der Waals surface area contributed by atoms with Crippen LogP contribution in [0.2, 0.25) is 0 Å². The first-order valence-corrected chi connectivity index (χ1v) is 4.84. The molecule has 0 saturated heterocycles. The van der Waals surface area contributed by atoms with Gasteiger partial charge in [0.05, 0.1) is 5.69 Å². The molecule has 0 radical (unpaired) electrons. The highest BCUT2D eigenvalue weighted by atomic mass is 15.3. The van der Waals surface area contributed by atoms with Crippen LogP contribution < -0.4 is 5.73 Å². The molecule has 1 rings (SSSR count). The Morgan fingerprint density at radius 1 is 1.54 bits per heavy atom. The van der Waals surface area contributed by atoms with Crippen LogP contribution in [0.25, 0.3) is 0 Å². The molecule has 0 spiro atoms. The Morgan fingerprint density at radius 3 is 2.54 bits per heavy atom. The van der Waals surface area contributed by atoms with Gasteiger partial charge in [0.25, 0.3) is 0 Å². The maximum atomic E-state index is 5.82. The van der Waals surface area contributed by atoms with Gasteiger partial charge in [0.15, 0.2) is 0 Å². The van der Waals surface area contributed by atoms with Crippen molar-refractivity contribution in [2.75, 3.05) is 5.73 Å². The van der Waals surface area contributed by atoms with Crippen molar-refractivity contribution >= 4 is 5.82 Å². The van der Waals surface area contributed by atoms with Crippen molar-refractivity contribution in [2.24, 2.45) is 13.0 Å². The van der Waals surface area contributed by atoms with Gasteiger partial charge in [-0.15, -0.1) is 0 Å². The molecule has 1 aromatic heterocycles. The summed E-state index contributed by atoms with van der Waals surface area (Å²) in [6.45, 7) is 6.48. The topological polar surface area (TPSA) is 43.8 Å². The molecule has 3 heteroatoms. The molecular weight excluding hydrogens is 162 g/mol. The zero-order chi connectivity index (χ0) is 10.0. The Kier molecular flexibility index (Phi) is 2.96. The second kappa shape index (κ2) is 3.81. The molecule has 0 aliphatic rings. The van der Waals surface area contributed by atoms with Crippen LogP contribution in [0.1, 0.15) is 31.5 Å². The standard InChI is InChI=1S/C10H19N3/c1-5-7(2)6-9-8(3)10(11)13(4)12-9/h7H,5-6,11H2,1-4H3. The fourth-order valence-corrected chi connectivity index (χ4v) is 1.37. The van der Waals surface area contributed by atoms with Crippen molar-refractivity contribution in [3.05, 3.63) is 11.3 Å². The minimum absolute atomic E-state index is 0.688. The minimum Gasteiger partial charge on any atom is -0.384 e. The predicted octanol–water partition coefficient (Wildman–Crippen LogP) is 1.90. The summed E-state index contributed by atoms with van der Waals surface area (Å²) in [7, 11) is 1.89. The Labute approximate surface area is 79.9 Å². The second-order valence-corrected chi connectivity index (χ2v) is 3.80. The summed E-state index contributed by atoms with van der Waals surface area (Å²) in [5.74, 6) is 1.48. The summed E-state index contributed by atoms with van der Waals surface area (Å²) in [6.07, 6.45) is 2.23. The van der Waals surface area contributed by atoms with E-state index in [0.717, 1.165) is 23.5 Å². The van der Waals surface area contributed by atoms with E-state index < -0.39 is 0 Å². The van der Waals surface area contributed by atoms with E-state index in [1.165, 1.54) is 6.42 Å². The average Bonchev–Trinajstić information content (AvgIpc) is 2.34. The molecule has 74 valence electrons. The largest absolute Gasteiger partial charge is 0.384 e. The van der Waals surface area contributed by atoms with Gasteiger partial charge >= 0.3 is 0 Å². The van der Waals surface area contributed by atoms with E-state index >= 15 is 0 Å². The number of nitrogens with two attached hydrogens (primary N) is 1. The highest BCUT2D eigenvalue weighted by Gasteiger charge is 2.11. The second-order valence-electron chi connectivity index (χ2n) is 3.80. The van der Waals surface area contributed by atoms with Gasteiger partial charge in [-0.1, -0.05) is 20.3 Å². The van der Waals surface area contributed by atoms with Crippen molar-refractivity contribution in [3.63, 3.8) is 0 Å². The van der Waals surface area contributed by atoms with Gasteiger partial charge in [-0.3, -0.25) is 4.68 Å². The van der Waals surface area contributed by atoms with E-state index in [0.29, 0.717) is 5.92 Å². The van der Waals surface area contributed by atoms with Crippen molar-refractivity contribution in [2.45, 2.75) is 33.6 Å². The molecule has 1 heterocycles. The van der Waals surface area contributed by atoms with Crippen LogP contribution in [-0.4, -0.2) is 9.78 Å². The van der Waals surface area contributed by atoms with Gasteiger partial charge in [0.2, 0.25) is 0 Å². The molecular formula is C10H19N3. The number of hydrogen-bond acceptors (Lipinski definition) is 2. The zero-order valence-corrected chi connectivity index (χ0v) is 8.96. The fourth-order valence-electron chi connectivity index (χ4n) is 1.37. The first-order chi connectivity index (χ1) is 6.06. The molecule has 0 bridgehead atoms. The molecule has 0 aliphatic heterocycles. The fraction of sp³-hybridized carbons (Fsp3) is 0.700. The highest BCUT2D eigenvalue weighted by Crippen LogP contribution is 2.18. The van der Waals surface area contributed by atoms with Gasteiger partial charge in [0, 0.05) is 12.6 Å². The van der Waals surface area contributed by atoms with E-state index in [4.69, 9.17) is 5.73 Å². The third-order valence-electron chi connectivity index (χ3n) is 2.68. The van der Waals surface area contributed by atoms with Gasteiger partial charge in [-0.05, 0) is 19.3 Å². The van der Waals surface area contributed by atoms with E-state index in [-0.39, 0.29) is 0 Å². The van der Waals surface area contributed by atoms with Crippen LogP contribution in [-0.2, 0) is 13.5 Å². The lowest BCUT2D eigenvalue weighted by atomic mass is 10.0. The Bertz CT molecular complexity index is 289. The third-order valence-corrected chi connectivity index (χ3v) is 2.68. The van der Waals surface area contributed by atoms with E-state index in [2.05, 4.69) is 18.9 Å². The Hall–Kier alpha value is -0.990. The Balaban J connectivity index is 2.83. The predicted molar refractivity (Wildman–Crippen MR) is 55.5 cm³/mol. The van der Waals surface area contributed by atoms with Crippen LogP contribution >= 0.6 is 0 Å². The van der Waals surface area contributed by atoms with Crippen molar-refractivity contribution in [1.29, 1.82) is 0 Å². The maximum Gasteiger partial charge on any atom is 0.124 e. The molecule has 0 aromatic carbocycles. The number of anilines is 1. The van der Waals surface area contributed by atoms with E-state index in [1.54, 1.807) is 4.68 Å². The SMILES string of the molecule is CCC(C)Cc1nn(C)c(N)c1C. The van der Waals surface area contributed by atoms with E-state index in [1.807, 2.05) is 14.0 Å². The van der Waals surface area contributed by atoms with Gasteiger partial charge in [-0.25, -0.2) is 0 Å². The molecule has 13 heavy (non-hydrogen) atoms. The molecule has 1 aromatic rings. The summed E-state index contributed by atoms with van der Waals surface area (Å²) >= 11 is 0. The average molecular weight is 181 g/mol. The number of rotatable bonds is 3. The quantitative estimate of drug-likeness (QED) is 0.774. The van der Waals surface area contributed by atoms with Crippen LogP contribution in [0.4, 0.5) is 5.82 Å². The number of nitrogen functional groups attached to an aromatic ring is 1. The molecule has 0 aliphatic carbocycles. The van der Waals surface area contributed by atoms with Crippen molar-refractivity contribution in [1.82, 2.24) is 9.78 Å². The smallest absolute Gasteiger partial charge is 0.124 e.